The zero-order valence-corrected chi connectivity index (χ0v) is 11.6. The first-order valence-electron chi connectivity index (χ1n) is 6.50. The van der Waals surface area contributed by atoms with Gasteiger partial charge in [0, 0.05) is 17.2 Å². The summed E-state index contributed by atoms with van der Waals surface area (Å²) < 4.78 is 10.4. The highest BCUT2D eigenvalue weighted by atomic mass is 16.5. The quantitative estimate of drug-likeness (QED) is 0.619. The molecule has 0 N–H and O–H groups in total. The predicted molar refractivity (Wildman–Crippen MR) is 77.6 cm³/mol. The zero-order valence-electron chi connectivity index (χ0n) is 11.6. The topological polar surface area (TPSA) is 48.4 Å². The minimum absolute atomic E-state index is 0.313. The van der Waals surface area contributed by atoms with Crippen molar-refractivity contribution in [2.75, 3.05) is 13.7 Å². The van der Waals surface area contributed by atoms with E-state index in [9.17, 15) is 4.79 Å². The van der Waals surface area contributed by atoms with E-state index in [0.29, 0.717) is 24.4 Å². The largest absolute Gasteiger partial charge is 0.487 e. The first-order chi connectivity index (χ1) is 9.76. The van der Waals surface area contributed by atoms with Crippen molar-refractivity contribution >= 4 is 16.9 Å². The number of hydrogen-bond acceptors (Lipinski definition) is 4. The van der Waals surface area contributed by atoms with Crippen LogP contribution in [0.3, 0.4) is 0 Å². The van der Waals surface area contributed by atoms with Crippen molar-refractivity contribution in [1.29, 1.82) is 0 Å². The van der Waals surface area contributed by atoms with Crippen LogP contribution in [0.5, 0.6) is 5.75 Å². The molecule has 0 aliphatic rings. The van der Waals surface area contributed by atoms with E-state index in [0.717, 1.165) is 10.9 Å². The first kappa shape index (κ1) is 14.1. The number of para-hydroxylation sites is 1. The molecule has 0 bridgehead atoms. The van der Waals surface area contributed by atoms with Crippen LogP contribution >= 0.6 is 0 Å². The number of benzene rings is 1. The Morgan fingerprint density at radius 3 is 2.85 bits per heavy atom. The normalized spacial score (nSPS) is 11.4. The molecule has 1 heterocycles. The van der Waals surface area contributed by atoms with Crippen LogP contribution in [0, 0.1) is 0 Å². The fraction of sp³-hybridized carbons (Fsp3) is 0.250. The van der Waals surface area contributed by atoms with Gasteiger partial charge in [-0.25, -0.2) is 4.79 Å². The highest BCUT2D eigenvalue weighted by Gasteiger charge is 2.07. The van der Waals surface area contributed by atoms with Crippen molar-refractivity contribution in [3.63, 3.8) is 0 Å². The van der Waals surface area contributed by atoms with E-state index in [-0.39, 0.29) is 5.97 Å². The molecule has 0 amide bonds. The second-order valence-corrected chi connectivity index (χ2v) is 4.22. The Hall–Kier alpha value is -2.36. The number of carbonyl (C=O) groups is 1. The Kier molecular flexibility index (Phi) is 4.71. The summed E-state index contributed by atoms with van der Waals surface area (Å²) in [6, 6.07) is 9.64. The molecule has 1 aromatic carbocycles. The van der Waals surface area contributed by atoms with E-state index >= 15 is 0 Å². The van der Waals surface area contributed by atoms with Gasteiger partial charge >= 0.3 is 5.97 Å². The van der Waals surface area contributed by atoms with Crippen LogP contribution in [0.25, 0.3) is 10.9 Å². The van der Waals surface area contributed by atoms with Crippen LogP contribution in [0.2, 0.25) is 0 Å². The Balaban J connectivity index is 2.13. The van der Waals surface area contributed by atoms with Gasteiger partial charge in [0.1, 0.15) is 17.9 Å². The SMILES string of the molecule is CCC(=CCOc1cccc2cccnc12)C(=O)OC. The summed E-state index contributed by atoms with van der Waals surface area (Å²) in [5.74, 6) is 0.395. The molecule has 2 aromatic rings. The number of esters is 1. The Labute approximate surface area is 118 Å². The van der Waals surface area contributed by atoms with E-state index in [2.05, 4.69) is 4.98 Å². The van der Waals surface area contributed by atoms with Crippen molar-refractivity contribution in [3.05, 3.63) is 48.2 Å². The maximum atomic E-state index is 11.4. The minimum atomic E-state index is -0.313. The molecule has 20 heavy (non-hydrogen) atoms. The van der Waals surface area contributed by atoms with Crippen molar-refractivity contribution in [3.8, 4) is 5.75 Å². The van der Waals surface area contributed by atoms with Crippen LogP contribution in [-0.4, -0.2) is 24.7 Å². The van der Waals surface area contributed by atoms with Gasteiger partial charge in [0.2, 0.25) is 0 Å². The Morgan fingerprint density at radius 2 is 2.10 bits per heavy atom. The summed E-state index contributed by atoms with van der Waals surface area (Å²) in [4.78, 5) is 15.8. The molecule has 0 radical (unpaired) electrons. The molecule has 0 aliphatic carbocycles. The monoisotopic (exact) mass is 271 g/mol. The highest BCUT2D eigenvalue weighted by Crippen LogP contribution is 2.22. The average molecular weight is 271 g/mol. The van der Waals surface area contributed by atoms with Crippen LogP contribution in [0.15, 0.2) is 48.2 Å². The minimum Gasteiger partial charge on any atom is -0.487 e. The number of pyridine rings is 1. The second kappa shape index (κ2) is 6.70. The number of fused-ring (bicyclic) bond motifs is 1. The highest BCUT2D eigenvalue weighted by molar-refractivity contribution is 5.88. The third-order valence-corrected chi connectivity index (χ3v) is 2.99. The third kappa shape index (κ3) is 3.15. The van der Waals surface area contributed by atoms with Gasteiger partial charge in [-0.3, -0.25) is 4.98 Å². The molecule has 0 saturated carbocycles. The number of hydrogen-bond donors (Lipinski definition) is 0. The maximum absolute atomic E-state index is 11.4. The van der Waals surface area contributed by atoms with Crippen molar-refractivity contribution in [1.82, 2.24) is 4.98 Å². The number of methoxy groups -OCH3 is 1. The van der Waals surface area contributed by atoms with Gasteiger partial charge < -0.3 is 9.47 Å². The van der Waals surface area contributed by atoms with Crippen LogP contribution < -0.4 is 4.74 Å². The van der Waals surface area contributed by atoms with Gasteiger partial charge in [-0.05, 0) is 24.6 Å². The number of ether oxygens (including phenoxy) is 2. The fourth-order valence-corrected chi connectivity index (χ4v) is 1.93. The van der Waals surface area contributed by atoms with E-state index in [1.54, 1.807) is 12.3 Å². The van der Waals surface area contributed by atoms with E-state index in [4.69, 9.17) is 9.47 Å². The molecule has 0 fully saturated rings. The summed E-state index contributed by atoms with van der Waals surface area (Å²) in [6.07, 6.45) is 4.09. The lowest BCUT2D eigenvalue weighted by Crippen LogP contribution is -2.06. The molecule has 4 nitrogen and oxygen atoms in total. The summed E-state index contributed by atoms with van der Waals surface area (Å²) in [5, 5.41) is 1.03. The van der Waals surface area contributed by atoms with Gasteiger partial charge in [0.25, 0.3) is 0 Å². The zero-order chi connectivity index (χ0) is 14.4. The maximum Gasteiger partial charge on any atom is 0.333 e. The fourth-order valence-electron chi connectivity index (χ4n) is 1.93. The van der Waals surface area contributed by atoms with Crippen molar-refractivity contribution in [2.24, 2.45) is 0 Å². The van der Waals surface area contributed by atoms with Gasteiger partial charge in [-0.2, -0.15) is 0 Å². The molecule has 0 spiro atoms. The Morgan fingerprint density at radius 1 is 1.30 bits per heavy atom. The lowest BCUT2D eigenvalue weighted by Gasteiger charge is -2.07. The standard InChI is InChI=1S/C16H17NO3/c1-3-12(16(18)19-2)9-11-20-14-8-4-6-13-7-5-10-17-15(13)14/h4-10H,3,11H2,1-2H3. The Bertz CT molecular complexity index is 629. The van der Waals surface area contributed by atoms with E-state index in [1.807, 2.05) is 37.3 Å². The molecule has 0 unspecified atom stereocenters. The number of aromatic nitrogens is 1. The van der Waals surface area contributed by atoms with Gasteiger partial charge in [0.05, 0.1) is 7.11 Å². The van der Waals surface area contributed by atoms with Crippen LogP contribution in [0.4, 0.5) is 0 Å². The smallest absolute Gasteiger partial charge is 0.333 e. The lowest BCUT2D eigenvalue weighted by molar-refractivity contribution is -0.136. The lowest BCUT2D eigenvalue weighted by atomic mass is 10.2. The summed E-state index contributed by atoms with van der Waals surface area (Å²) >= 11 is 0. The van der Waals surface area contributed by atoms with Crippen LogP contribution in [-0.2, 0) is 9.53 Å². The molecular formula is C16H17NO3. The van der Waals surface area contributed by atoms with Crippen molar-refractivity contribution in [2.45, 2.75) is 13.3 Å². The van der Waals surface area contributed by atoms with Crippen LogP contribution in [0.1, 0.15) is 13.3 Å². The number of nitrogens with zero attached hydrogens (tertiary/aromatic N) is 1. The van der Waals surface area contributed by atoms with Gasteiger partial charge in [-0.15, -0.1) is 0 Å². The molecule has 0 aliphatic heterocycles. The molecular weight excluding hydrogens is 254 g/mol. The summed E-state index contributed by atoms with van der Waals surface area (Å²) in [5.41, 5.74) is 1.43. The van der Waals surface area contributed by atoms with E-state index < -0.39 is 0 Å². The summed E-state index contributed by atoms with van der Waals surface area (Å²) in [7, 11) is 1.38. The molecule has 104 valence electrons. The second-order valence-electron chi connectivity index (χ2n) is 4.22. The average Bonchev–Trinajstić information content (AvgIpc) is 2.51. The number of rotatable bonds is 5. The predicted octanol–water partition coefficient (Wildman–Crippen LogP) is 3.12. The molecule has 2 rings (SSSR count). The molecule has 0 saturated heterocycles. The van der Waals surface area contributed by atoms with Gasteiger partial charge in [-0.1, -0.05) is 25.1 Å². The molecule has 1 aromatic heterocycles. The van der Waals surface area contributed by atoms with Gasteiger partial charge in [0.15, 0.2) is 0 Å². The molecule has 0 atom stereocenters. The number of carbonyl (C=O) groups excluding carboxylic acids is 1. The first-order valence-corrected chi connectivity index (χ1v) is 6.50. The van der Waals surface area contributed by atoms with Crippen molar-refractivity contribution < 1.29 is 14.3 Å². The third-order valence-electron chi connectivity index (χ3n) is 2.99. The van der Waals surface area contributed by atoms with E-state index in [1.165, 1.54) is 7.11 Å². The molecule has 4 heteroatoms. The summed E-state index contributed by atoms with van der Waals surface area (Å²) in [6.45, 7) is 2.22.